The number of ether oxygens (including phenoxy) is 4. The highest BCUT2D eigenvalue weighted by Gasteiger charge is 2.08. The van der Waals surface area contributed by atoms with Crippen LogP contribution >= 0.6 is 0 Å². The van der Waals surface area contributed by atoms with E-state index >= 15 is 0 Å². The summed E-state index contributed by atoms with van der Waals surface area (Å²) in [5, 5.41) is 2.87. The van der Waals surface area contributed by atoms with Gasteiger partial charge in [0.15, 0.2) is 0 Å². The molecule has 2 aromatic carbocycles. The first kappa shape index (κ1) is 20.7. The van der Waals surface area contributed by atoms with E-state index in [0.29, 0.717) is 56.6 Å². The maximum atomic E-state index is 12.4. The van der Waals surface area contributed by atoms with E-state index in [1.807, 2.05) is 32.0 Å². The van der Waals surface area contributed by atoms with Crippen LogP contribution in [0.15, 0.2) is 48.5 Å². The first-order valence-electron chi connectivity index (χ1n) is 9.15. The van der Waals surface area contributed by atoms with Crippen LogP contribution in [-0.4, -0.2) is 45.5 Å². The minimum Gasteiger partial charge on any atom is -0.491 e. The molecule has 6 nitrogen and oxygen atoms in total. The van der Waals surface area contributed by atoms with Gasteiger partial charge < -0.3 is 24.3 Å². The first-order valence-corrected chi connectivity index (χ1v) is 9.15. The second-order valence-electron chi connectivity index (χ2n) is 5.60. The molecule has 0 unspecified atom stereocenters. The number of carbonyl (C=O) groups excluding carboxylic acids is 1. The van der Waals surface area contributed by atoms with Crippen LogP contribution in [0.1, 0.15) is 24.2 Å². The Morgan fingerprint density at radius 2 is 1.44 bits per heavy atom. The zero-order valence-corrected chi connectivity index (χ0v) is 15.9. The van der Waals surface area contributed by atoms with Crippen LogP contribution in [0.5, 0.6) is 11.5 Å². The van der Waals surface area contributed by atoms with Crippen LogP contribution in [0.3, 0.4) is 0 Å². The standard InChI is InChI=1S/C21H27NO5/c1-3-24-12-14-26-19-10-8-18(9-11-19)22-21(23)17-6-5-7-20(16-17)27-15-13-25-4-2/h5-11,16H,3-4,12-15H2,1-2H3,(H,22,23). The number of hydrogen-bond donors (Lipinski definition) is 1. The van der Waals surface area contributed by atoms with Crippen molar-refractivity contribution in [3.63, 3.8) is 0 Å². The lowest BCUT2D eigenvalue weighted by Crippen LogP contribution is -2.12. The number of carbonyl (C=O) groups is 1. The second-order valence-corrected chi connectivity index (χ2v) is 5.60. The Morgan fingerprint density at radius 3 is 2.07 bits per heavy atom. The van der Waals surface area contributed by atoms with Gasteiger partial charge in [0, 0.05) is 24.5 Å². The molecule has 0 heterocycles. The van der Waals surface area contributed by atoms with Crippen LogP contribution in [0.2, 0.25) is 0 Å². The third kappa shape index (κ3) is 7.68. The molecular weight excluding hydrogens is 346 g/mol. The van der Waals surface area contributed by atoms with Crippen LogP contribution in [0, 0.1) is 0 Å². The molecule has 0 aliphatic rings. The van der Waals surface area contributed by atoms with E-state index in [0.717, 1.165) is 5.75 Å². The van der Waals surface area contributed by atoms with Crippen molar-refractivity contribution in [2.75, 3.05) is 45.0 Å². The van der Waals surface area contributed by atoms with Gasteiger partial charge in [-0.15, -0.1) is 0 Å². The largest absolute Gasteiger partial charge is 0.491 e. The van der Waals surface area contributed by atoms with Crippen LogP contribution < -0.4 is 14.8 Å². The van der Waals surface area contributed by atoms with Crippen molar-refractivity contribution in [2.24, 2.45) is 0 Å². The van der Waals surface area contributed by atoms with Gasteiger partial charge in [0.25, 0.3) is 5.91 Å². The van der Waals surface area contributed by atoms with E-state index in [-0.39, 0.29) is 5.91 Å². The predicted octanol–water partition coefficient (Wildman–Crippen LogP) is 3.77. The van der Waals surface area contributed by atoms with E-state index in [1.54, 1.807) is 30.3 Å². The highest BCUT2D eigenvalue weighted by atomic mass is 16.5. The molecule has 0 aromatic heterocycles. The minimum absolute atomic E-state index is 0.199. The molecule has 0 aliphatic heterocycles. The summed E-state index contributed by atoms with van der Waals surface area (Å²) in [7, 11) is 0. The molecule has 0 fully saturated rings. The SMILES string of the molecule is CCOCCOc1ccc(NC(=O)c2cccc(OCCOCC)c2)cc1. The monoisotopic (exact) mass is 373 g/mol. The fraction of sp³-hybridized carbons (Fsp3) is 0.381. The zero-order chi connectivity index (χ0) is 19.3. The Bertz CT molecular complexity index is 687. The summed E-state index contributed by atoms with van der Waals surface area (Å²) in [6, 6.07) is 14.3. The van der Waals surface area contributed by atoms with Gasteiger partial charge >= 0.3 is 0 Å². The van der Waals surface area contributed by atoms with Gasteiger partial charge in [-0.2, -0.15) is 0 Å². The van der Waals surface area contributed by atoms with Crippen LogP contribution in [-0.2, 0) is 9.47 Å². The van der Waals surface area contributed by atoms with Crippen molar-refractivity contribution >= 4 is 11.6 Å². The van der Waals surface area contributed by atoms with E-state index < -0.39 is 0 Å². The van der Waals surface area contributed by atoms with Gasteiger partial charge in [0.2, 0.25) is 0 Å². The zero-order valence-electron chi connectivity index (χ0n) is 15.9. The lowest BCUT2D eigenvalue weighted by atomic mass is 10.2. The Hall–Kier alpha value is -2.57. The average molecular weight is 373 g/mol. The molecule has 0 saturated heterocycles. The van der Waals surface area contributed by atoms with Gasteiger partial charge in [0.1, 0.15) is 24.7 Å². The second kappa shape index (κ2) is 11.9. The lowest BCUT2D eigenvalue weighted by Gasteiger charge is -2.10. The molecule has 0 bridgehead atoms. The van der Waals surface area contributed by atoms with Crippen LogP contribution in [0.4, 0.5) is 5.69 Å². The maximum absolute atomic E-state index is 12.4. The summed E-state index contributed by atoms with van der Waals surface area (Å²) in [6.45, 7) is 7.23. The molecule has 0 radical (unpaired) electrons. The number of amides is 1. The predicted molar refractivity (Wildman–Crippen MR) is 105 cm³/mol. The first-order chi connectivity index (χ1) is 13.2. The normalized spacial score (nSPS) is 10.4. The quantitative estimate of drug-likeness (QED) is 0.574. The smallest absolute Gasteiger partial charge is 0.255 e. The van der Waals surface area contributed by atoms with E-state index in [2.05, 4.69) is 5.32 Å². The molecular formula is C21H27NO5. The Labute approximate surface area is 160 Å². The van der Waals surface area contributed by atoms with Gasteiger partial charge in [-0.1, -0.05) is 6.07 Å². The molecule has 1 N–H and O–H groups in total. The van der Waals surface area contributed by atoms with Crippen molar-refractivity contribution in [3.05, 3.63) is 54.1 Å². The molecule has 2 rings (SSSR count). The highest BCUT2D eigenvalue weighted by Crippen LogP contribution is 2.18. The molecule has 0 aliphatic carbocycles. The van der Waals surface area contributed by atoms with E-state index in [1.165, 1.54) is 0 Å². The van der Waals surface area contributed by atoms with E-state index in [4.69, 9.17) is 18.9 Å². The summed E-state index contributed by atoms with van der Waals surface area (Å²) in [4.78, 5) is 12.4. The van der Waals surface area contributed by atoms with Gasteiger partial charge in [-0.05, 0) is 56.3 Å². The third-order valence-corrected chi connectivity index (χ3v) is 3.61. The Morgan fingerprint density at radius 1 is 0.815 bits per heavy atom. The van der Waals surface area contributed by atoms with Gasteiger partial charge in [-0.25, -0.2) is 0 Å². The molecule has 0 atom stereocenters. The summed E-state index contributed by atoms with van der Waals surface area (Å²) < 4.78 is 21.6. The molecule has 146 valence electrons. The van der Waals surface area contributed by atoms with Crippen molar-refractivity contribution in [3.8, 4) is 11.5 Å². The third-order valence-electron chi connectivity index (χ3n) is 3.61. The summed E-state index contributed by atoms with van der Waals surface area (Å²) in [6.07, 6.45) is 0. The highest BCUT2D eigenvalue weighted by molar-refractivity contribution is 6.04. The van der Waals surface area contributed by atoms with Crippen molar-refractivity contribution in [1.29, 1.82) is 0 Å². The molecule has 1 amide bonds. The summed E-state index contributed by atoms with van der Waals surface area (Å²) >= 11 is 0. The Kier molecular flexibility index (Phi) is 9.17. The maximum Gasteiger partial charge on any atom is 0.255 e. The lowest BCUT2D eigenvalue weighted by molar-refractivity contribution is 0.102. The number of rotatable bonds is 12. The fourth-order valence-corrected chi connectivity index (χ4v) is 2.29. The molecule has 0 saturated carbocycles. The topological polar surface area (TPSA) is 66.0 Å². The molecule has 0 spiro atoms. The van der Waals surface area contributed by atoms with Crippen molar-refractivity contribution < 1.29 is 23.7 Å². The molecule has 2 aromatic rings. The van der Waals surface area contributed by atoms with E-state index in [9.17, 15) is 4.79 Å². The number of hydrogen-bond acceptors (Lipinski definition) is 5. The summed E-state index contributed by atoms with van der Waals surface area (Å²) in [5.74, 6) is 1.17. The number of anilines is 1. The minimum atomic E-state index is -0.199. The number of nitrogens with one attached hydrogen (secondary N) is 1. The average Bonchev–Trinajstić information content (AvgIpc) is 2.70. The van der Waals surface area contributed by atoms with Crippen molar-refractivity contribution in [2.45, 2.75) is 13.8 Å². The Balaban J connectivity index is 1.85. The van der Waals surface area contributed by atoms with Gasteiger partial charge in [0.05, 0.1) is 13.2 Å². The van der Waals surface area contributed by atoms with Crippen LogP contribution in [0.25, 0.3) is 0 Å². The fourth-order valence-electron chi connectivity index (χ4n) is 2.29. The number of benzene rings is 2. The molecule has 27 heavy (non-hydrogen) atoms. The van der Waals surface area contributed by atoms with Gasteiger partial charge in [-0.3, -0.25) is 4.79 Å². The van der Waals surface area contributed by atoms with Crippen molar-refractivity contribution in [1.82, 2.24) is 0 Å². The molecule has 6 heteroatoms. The summed E-state index contributed by atoms with van der Waals surface area (Å²) in [5.41, 5.74) is 1.22.